The Balaban J connectivity index is 0.00000225. The zero-order chi connectivity index (χ0) is 11.3. The van der Waals surface area contributed by atoms with Crippen LogP contribution in [-0.2, 0) is 0 Å². The minimum absolute atomic E-state index is 0. The number of aryl methyl sites for hydroxylation is 2. The lowest BCUT2D eigenvalue weighted by atomic mass is 10.1. The van der Waals surface area contributed by atoms with E-state index in [9.17, 15) is 0 Å². The van der Waals surface area contributed by atoms with E-state index in [0.717, 1.165) is 18.9 Å². The third-order valence-corrected chi connectivity index (χ3v) is 2.44. The first-order chi connectivity index (χ1) is 7.15. The molecule has 2 nitrogen and oxygen atoms in total. The Kier molecular flexibility index (Phi) is 7.18. The summed E-state index contributed by atoms with van der Waals surface area (Å²) < 4.78 is 5.82. The highest BCUT2D eigenvalue weighted by Gasteiger charge is 2.05. The molecule has 0 spiro atoms. The normalized spacial score (nSPS) is 11.8. The van der Waals surface area contributed by atoms with Gasteiger partial charge in [-0.2, -0.15) is 0 Å². The van der Waals surface area contributed by atoms with Gasteiger partial charge in [0.05, 0.1) is 0 Å². The van der Waals surface area contributed by atoms with E-state index < -0.39 is 0 Å². The molecule has 0 aliphatic rings. The van der Waals surface area contributed by atoms with E-state index in [0.29, 0.717) is 6.04 Å². The number of benzene rings is 1. The van der Waals surface area contributed by atoms with E-state index >= 15 is 0 Å². The maximum Gasteiger partial charge on any atom is 0.125 e. The summed E-state index contributed by atoms with van der Waals surface area (Å²) >= 11 is 0. The molecule has 0 radical (unpaired) electrons. The summed E-state index contributed by atoms with van der Waals surface area (Å²) in [4.78, 5) is 0. The van der Waals surface area contributed by atoms with E-state index in [1.54, 1.807) is 0 Å². The third kappa shape index (κ3) is 4.42. The minimum Gasteiger partial charge on any atom is -0.491 e. The summed E-state index contributed by atoms with van der Waals surface area (Å²) in [6.07, 6.45) is 0. The molecular formula is C13H22ClNO. The van der Waals surface area contributed by atoms with Gasteiger partial charge in [-0.15, -0.1) is 12.4 Å². The highest BCUT2D eigenvalue weighted by atomic mass is 35.5. The zero-order valence-corrected chi connectivity index (χ0v) is 11.4. The van der Waals surface area contributed by atoms with Crippen LogP contribution in [-0.4, -0.2) is 19.2 Å². The van der Waals surface area contributed by atoms with Crippen LogP contribution in [0.2, 0.25) is 0 Å². The molecule has 0 unspecified atom stereocenters. The van der Waals surface area contributed by atoms with Crippen molar-refractivity contribution in [2.45, 2.75) is 33.7 Å². The monoisotopic (exact) mass is 243 g/mol. The van der Waals surface area contributed by atoms with Crippen molar-refractivity contribution in [1.82, 2.24) is 5.32 Å². The summed E-state index contributed by atoms with van der Waals surface area (Å²) in [6.45, 7) is 10.1. The number of rotatable bonds is 5. The van der Waals surface area contributed by atoms with Gasteiger partial charge in [0.2, 0.25) is 0 Å². The summed E-state index contributed by atoms with van der Waals surface area (Å²) in [5.41, 5.74) is 2.41. The molecule has 3 heteroatoms. The van der Waals surface area contributed by atoms with Gasteiger partial charge < -0.3 is 10.1 Å². The van der Waals surface area contributed by atoms with E-state index in [4.69, 9.17) is 4.74 Å². The second-order valence-corrected chi connectivity index (χ2v) is 3.99. The molecule has 0 amide bonds. The largest absolute Gasteiger partial charge is 0.491 e. The Morgan fingerprint density at radius 2 is 1.81 bits per heavy atom. The fraction of sp³-hybridized carbons (Fsp3) is 0.538. The average molecular weight is 244 g/mol. The smallest absolute Gasteiger partial charge is 0.125 e. The van der Waals surface area contributed by atoms with Crippen LogP contribution in [0.3, 0.4) is 0 Å². The highest BCUT2D eigenvalue weighted by molar-refractivity contribution is 5.85. The summed E-state index contributed by atoms with van der Waals surface area (Å²) in [5.74, 6) is 1.03. The lowest BCUT2D eigenvalue weighted by Gasteiger charge is -2.16. The number of nitrogens with one attached hydrogen (secondary N) is 1. The lowest BCUT2D eigenvalue weighted by molar-refractivity contribution is 0.272. The molecular weight excluding hydrogens is 222 g/mol. The standard InChI is InChI=1S/C13H21NO.ClH/c1-5-14-12(4)9-15-13-10(2)7-6-8-11(13)3;/h6-8,12,14H,5,9H2,1-4H3;1H/t12-;/m0./s1. The van der Waals surface area contributed by atoms with Gasteiger partial charge in [-0.25, -0.2) is 0 Å². The molecule has 0 aliphatic heterocycles. The first-order valence-corrected chi connectivity index (χ1v) is 5.57. The predicted octanol–water partition coefficient (Wildman–Crippen LogP) is 3.10. The van der Waals surface area contributed by atoms with Gasteiger partial charge >= 0.3 is 0 Å². The predicted molar refractivity (Wildman–Crippen MR) is 71.8 cm³/mol. The Morgan fingerprint density at radius 3 is 2.31 bits per heavy atom. The molecule has 0 aliphatic carbocycles. The van der Waals surface area contributed by atoms with Gasteiger partial charge in [-0.05, 0) is 38.4 Å². The second kappa shape index (κ2) is 7.53. The number of hydrogen-bond acceptors (Lipinski definition) is 2. The maximum atomic E-state index is 5.82. The lowest BCUT2D eigenvalue weighted by Crippen LogP contribution is -2.31. The molecule has 0 aromatic heterocycles. The van der Waals surface area contributed by atoms with Crippen molar-refractivity contribution >= 4 is 12.4 Å². The SMILES string of the molecule is CCN[C@@H](C)COc1c(C)cccc1C.Cl. The topological polar surface area (TPSA) is 21.3 Å². The first-order valence-electron chi connectivity index (χ1n) is 5.57. The zero-order valence-electron chi connectivity index (χ0n) is 10.5. The molecule has 92 valence electrons. The molecule has 1 aromatic rings. The Bertz CT molecular complexity index is 295. The number of likely N-dealkylation sites (N-methyl/N-ethyl adjacent to an activating group) is 1. The molecule has 0 fully saturated rings. The van der Waals surface area contributed by atoms with E-state index in [2.05, 4.69) is 51.2 Å². The maximum absolute atomic E-state index is 5.82. The molecule has 1 rings (SSSR count). The van der Waals surface area contributed by atoms with Crippen molar-refractivity contribution < 1.29 is 4.74 Å². The van der Waals surface area contributed by atoms with Crippen LogP contribution in [0, 0.1) is 13.8 Å². The highest BCUT2D eigenvalue weighted by Crippen LogP contribution is 2.22. The van der Waals surface area contributed by atoms with Gasteiger partial charge in [0.25, 0.3) is 0 Å². The fourth-order valence-electron chi connectivity index (χ4n) is 1.64. The Morgan fingerprint density at radius 1 is 1.25 bits per heavy atom. The van der Waals surface area contributed by atoms with Crippen molar-refractivity contribution in [3.63, 3.8) is 0 Å². The molecule has 0 heterocycles. The van der Waals surface area contributed by atoms with Gasteiger partial charge in [0.15, 0.2) is 0 Å². The molecule has 0 saturated carbocycles. The van der Waals surface area contributed by atoms with Crippen molar-refractivity contribution in [3.8, 4) is 5.75 Å². The molecule has 1 atom stereocenters. The summed E-state index contributed by atoms with van der Waals surface area (Å²) in [5, 5.41) is 3.33. The summed E-state index contributed by atoms with van der Waals surface area (Å²) in [7, 11) is 0. The van der Waals surface area contributed by atoms with Crippen molar-refractivity contribution in [2.24, 2.45) is 0 Å². The van der Waals surface area contributed by atoms with Crippen molar-refractivity contribution in [1.29, 1.82) is 0 Å². The van der Waals surface area contributed by atoms with Crippen LogP contribution in [0.25, 0.3) is 0 Å². The van der Waals surface area contributed by atoms with Crippen molar-refractivity contribution in [3.05, 3.63) is 29.3 Å². The van der Waals surface area contributed by atoms with Crippen molar-refractivity contribution in [2.75, 3.05) is 13.2 Å². The molecule has 16 heavy (non-hydrogen) atoms. The number of hydrogen-bond donors (Lipinski definition) is 1. The van der Waals surface area contributed by atoms with Crippen LogP contribution in [0.4, 0.5) is 0 Å². The number of para-hydroxylation sites is 1. The molecule has 0 bridgehead atoms. The second-order valence-electron chi connectivity index (χ2n) is 3.99. The third-order valence-electron chi connectivity index (χ3n) is 2.44. The molecule has 1 N–H and O–H groups in total. The van der Waals surface area contributed by atoms with Crippen LogP contribution < -0.4 is 10.1 Å². The minimum atomic E-state index is 0. The van der Waals surface area contributed by atoms with E-state index in [1.807, 2.05) is 0 Å². The van der Waals surface area contributed by atoms with E-state index in [-0.39, 0.29) is 12.4 Å². The van der Waals surface area contributed by atoms with Crippen LogP contribution in [0.1, 0.15) is 25.0 Å². The average Bonchev–Trinajstić information content (AvgIpc) is 2.17. The molecule has 1 aromatic carbocycles. The Labute approximate surface area is 105 Å². The fourth-order valence-corrected chi connectivity index (χ4v) is 1.64. The van der Waals surface area contributed by atoms with Gasteiger partial charge in [0, 0.05) is 6.04 Å². The van der Waals surface area contributed by atoms with Gasteiger partial charge in [-0.1, -0.05) is 25.1 Å². The summed E-state index contributed by atoms with van der Waals surface area (Å²) in [6, 6.07) is 6.63. The first kappa shape index (κ1) is 15.3. The Hall–Kier alpha value is -0.730. The van der Waals surface area contributed by atoms with Crippen LogP contribution in [0.5, 0.6) is 5.75 Å². The molecule has 0 saturated heterocycles. The van der Waals surface area contributed by atoms with Crippen LogP contribution in [0.15, 0.2) is 18.2 Å². The van der Waals surface area contributed by atoms with E-state index in [1.165, 1.54) is 11.1 Å². The number of ether oxygens (including phenoxy) is 1. The van der Waals surface area contributed by atoms with Gasteiger partial charge in [0.1, 0.15) is 12.4 Å². The quantitative estimate of drug-likeness (QED) is 0.858. The van der Waals surface area contributed by atoms with Gasteiger partial charge in [-0.3, -0.25) is 0 Å². The van der Waals surface area contributed by atoms with Crippen LogP contribution >= 0.6 is 12.4 Å². The number of halogens is 1.